The second kappa shape index (κ2) is 5.91. The van der Waals surface area contributed by atoms with Crippen LogP contribution in [0.5, 0.6) is 0 Å². The molecule has 1 fully saturated rings. The highest BCUT2D eigenvalue weighted by Gasteiger charge is 2.58. The van der Waals surface area contributed by atoms with Gasteiger partial charge in [0.25, 0.3) is 0 Å². The van der Waals surface area contributed by atoms with Gasteiger partial charge in [-0.1, -0.05) is 40.4 Å². The van der Waals surface area contributed by atoms with E-state index < -0.39 is 19.7 Å². The standard InChI is InChI=1S/C15H28N2O3Si/c1-8-11(4)16-12(18)15(9-2,10-3)13(19)17(14(16)20)21(5,6)7/h11H,8-10H2,1-7H3. The predicted octanol–water partition coefficient (Wildman–Crippen LogP) is 3.22. The van der Waals surface area contributed by atoms with Crippen LogP contribution < -0.4 is 0 Å². The summed E-state index contributed by atoms with van der Waals surface area (Å²) in [5.41, 5.74) is -1.07. The number of carbonyl (C=O) groups is 3. The number of amides is 4. The maximum absolute atomic E-state index is 12.9. The summed E-state index contributed by atoms with van der Waals surface area (Å²) in [7, 11) is -2.19. The molecule has 0 aliphatic carbocycles. The van der Waals surface area contributed by atoms with Crippen molar-refractivity contribution in [3.05, 3.63) is 0 Å². The third-order valence-corrected chi connectivity index (χ3v) is 6.28. The second-order valence-corrected chi connectivity index (χ2v) is 11.6. The second-order valence-electron chi connectivity index (χ2n) is 6.82. The summed E-state index contributed by atoms with van der Waals surface area (Å²) >= 11 is 0. The summed E-state index contributed by atoms with van der Waals surface area (Å²) in [5, 5.41) is 0. The molecule has 6 heteroatoms. The molecule has 5 nitrogen and oxygen atoms in total. The van der Waals surface area contributed by atoms with Crippen LogP contribution in [0, 0.1) is 5.41 Å². The molecule has 120 valence electrons. The van der Waals surface area contributed by atoms with Gasteiger partial charge in [-0.3, -0.25) is 19.1 Å². The van der Waals surface area contributed by atoms with Crippen molar-refractivity contribution >= 4 is 26.1 Å². The molecule has 0 aromatic rings. The third kappa shape index (κ3) is 2.65. The molecule has 1 rings (SSSR count). The predicted molar refractivity (Wildman–Crippen MR) is 85.2 cm³/mol. The van der Waals surface area contributed by atoms with Crippen molar-refractivity contribution < 1.29 is 14.4 Å². The van der Waals surface area contributed by atoms with E-state index >= 15 is 0 Å². The van der Waals surface area contributed by atoms with Gasteiger partial charge in [-0.2, -0.15) is 0 Å². The van der Waals surface area contributed by atoms with Crippen molar-refractivity contribution in [3.63, 3.8) is 0 Å². The van der Waals surface area contributed by atoms with E-state index in [1.807, 2.05) is 47.3 Å². The summed E-state index contributed by atoms with van der Waals surface area (Å²) in [6.07, 6.45) is 1.55. The monoisotopic (exact) mass is 312 g/mol. The molecule has 0 saturated carbocycles. The summed E-state index contributed by atoms with van der Waals surface area (Å²) in [6.45, 7) is 13.4. The zero-order chi connectivity index (χ0) is 16.6. The van der Waals surface area contributed by atoms with Gasteiger partial charge in [0.2, 0.25) is 11.8 Å². The molecule has 21 heavy (non-hydrogen) atoms. The van der Waals surface area contributed by atoms with Crippen LogP contribution in [-0.4, -0.2) is 41.6 Å². The van der Waals surface area contributed by atoms with Crippen molar-refractivity contribution in [2.45, 2.75) is 72.6 Å². The minimum atomic E-state index is -2.19. The summed E-state index contributed by atoms with van der Waals surface area (Å²) in [6, 6.07) is -0.606. The molecular weight excluding hydrogens is 284 g/mol. The van der Waals surface area contributed by atoms with Crippen LogP contribution in [0.1, 0.15) is 47.0 Å². The van der Waals surface area contributed by atoms with Crippen LogP contribution in [0.25, 0.3) is 0 Å². The fraction of sp³-hybridized carbons (Fsp3) is 0.800. The number of nitrogens with zero attached hydrogens (tertiary/aromatic N) is 2. The molecule has 0 spiro atoms. The lowest BCUT2D eigenvalue weighted by Gasteiger charge is -2.49. The summed E-state index contributed by atoms with van der Waals surface area (Å²) in [5.74, 6) is -0.604. The van der Waals surface area contributed by atoms with Crippen molar-refractivity contribution in [1.29, 1.82) is 0 Å². The lowest BCUT2D eigenvalue weighted by atomic mass is 9.78. The van der Waals surface area contributed by atoms with E-state index in [0.717, 1.165) is 0 Å². The van der Waals surface area contributed by atoms with Gasteiger partial charge in [0.15, 0.2) is 8.24 Å². The topological polar surface area (TPSA) is 57.7 Å². The van der Waals surface area contributed by atoms with Gasteiger partial charge < -0.3 is 0 Å². The summed E-state index contributed by atoms with van der Waals surface area (Å²) in [4.78, 5) is 39.9. The first kappa shape index (κ1) is 17.9. The van der Waals surface area contributed by atoms with Crippen LogP contribution in [0.2, 0.25) is 19.6 Å². The van der Waals surface area contributed by atoms with E-state index in [2.05, 4.69) is 0 Å². The number of urea groups is 1. The van der Waals surface area contributed by atoms with Crippen molar-refractivity contribution in [2.24, 2.45) is 5.41 Å². The molecule has 1 aliphatic heterocycles. The van der Waals surface area contributed by atoms with E-state index in [0.29, 0.717) is 19.3 Å². The zero-order valence-electron chi connectivity index (χ0n) is 14.3. The average molecular weight is 312 g/mol. The van der Waals surface area contributed by atoms with Crippen molar-refractivity contribution in [3.8, 4) is 0 Å². The van der Waals surface area contributed by atoms with Crippen molar-refractivity contribution in [1.82, 2.24) is 9.47 Å². The highest BCUT2D eigenvalue weighted by Crippen LogP contribution is 2.39. The smallest absolute Gasteiger partial charge is 0.293 e. The first-order chi connectivity index (χ1) is 9.58. The first-order valence-corrected chi connectivity index (χ1v) is 11.2. The van der Waals surface area contributed by atoms with Gasteiger partial charge in [0.1, 0.15) is 5.41 Å². The molecule has 1 unspecified atom stereocenters. The van der Waals surface area contributed by atoms with Gasteiger partial charge in [-0.05, 0) is 26.2 Å². The van der Waals surface area contributed by atoms with Gasteiger partial charge in [0.05, 0.1) is 0 Å². The molecule has 1 heterocycles. The largest absolute Gasteiger partial charge is 0.325 e. The molecule has 1 saturated heterocycles. The van der Waals surface area contributed by atoms with E-state index in [4.69, 9.17) is 0 Å². The lowest BCUT2D eigenvalue weighted by molar-refractivity contribution is -0.157. The molecule has 1 atom stereocenters. The molecule has 1 aliphatic rings. The maximum atomic E-state index is 12.9. The zero-order valence-corrected chi connectivity index (χ0v) is 15.3. The Morgan fingerprint density at radius 2 is 1.48 bits per heavy atom. The van der Waals surface area contributed by atoms with Gasteiger partial charge >= 0.3 is 6.03 Å². The number of barbiturate groups is 1. The van der Waals surface area contributed by atoms with Crippen LogP contribution in [-0.2, 0) is 9.59 Å². The van der Waals surface area contributed by atoms with E-state index in [1.54, 1.807) is 0 Å². The molecule has 0 aromatic carbocycles. The lowest BCUT2D eigenvalue weighted by Crippen LogP contribution is -2.71. The Kier molecular flexibility index (Phi) is 5.03. The van der Waals surface area contributed by atoms with Crippen molar-refractivity contribution in [2.75, 3.05) is 0 Å². The third-order valence-electron chi connectivity index (χ3n) is 4.55. The normalized spacial score (nSPS) is 21.0. The van der Waals surface area contributed by atoms with Gasteiger partial charge in [0, 0.05) is 6.04 Å². The molecule has 0 bridgehead atoms. The Balaban J connectivity index is 3.49. The van der Waals surface area contributed by atoms with E-state index in [9.17, 15) is 14.4 Å². The highest BCUT2D eigenvalue weighted by atomic mass is 28.3. The van der Waals surface area contributed by atoms with Crippen LogP contribution >= 0.6 is 0 Å². The Morgan fingerprint density at radius 1 is 1.00 bits per heavy atom. The fourth-order valence-corrected chi connectivity index (χ4v) is 4.34. The number of imide groups is 2. The fourth-order valence-electron chi connectivity index (χ4n) is 2.84. The quantitative estimate of drug-likeness (QED) is 0.578. The summed E-state index contributed by atoms with van der Waals surface area (Å²) < 4.78 is 1.41. The minimum Gasteiger partial charge on any atom is -0.293 e. The number of hydrogen-bond acceptors (Lipinski definition) is 3. The molecule has 0 radical (unpaired) electrons. The average Bonchev–Trinajstić information content (AvgIpc) is 2.38. The first-order valence-electron chi connectivity index (χ1n) is 7.80. The van der Waals surface area contributed by atoms with E-state index in [1.165, 1.54) is 9.47 Å². The van der Waals surface area contributed by atoms with Crippen LogP contribution in [0.4, 0.5) is 4.79 Å². The van der Waals surface area contributed by atoms with Gasteiger partial charge in [-0.25, -0.2) is 4.79 Å². The van der Waals surface area contributed by atoms with E-state index in [-0.39, 0.29) is 17.9 Å². The Bertz CT molecular complexity index is 452. The number of rotatable bonds is 5. The Morgan fingerprint density at radius 3 is 1.81 bits per heavy atom. The molecule has 4 amide bonds. The molecule has 0 N–H and O–H groups in total. The number of carbonyl (C=O) groups excluding carboxylic acids is 3. The molecule has 0 aromatic heterocycles. The molecular formula is C15H28N2O3Si. The van der Waals surface area contributed by atoms with Crippen LogP contribution in [0.3, 0.4) is 0 Å². The SMILES string of the molecule is CCC(C)N1C(=O)N([Si](C)(C)C)C(=O)C(CC)(CC)C1=O. The van der Waals surface area contributed by atoms with Crippen LogP contribution in [0.15, 0.2) is 0 Å². The van der Waals surface area contributed by atoms with Gasteiger partial charge in [-0.15, -0.1) is 0 Å². The highest BCUT2D eigenvalue weighted by molar-refractivity contribution is 6.78. The Labute approximate surface area is 128 Å². The minimum absolute atomic E-state index is 0.186. The Hall–Kier alpha value is -1.17. The number of hydrogen-bond donors (Lipinski definition) is 0. The maximum Gasteiger partial charge on any atom is 0.325 e.